The molecule has 2 aromatic rings. The Labute approximate surface area is 143 Å². The molecule has 2 fully saturated rings. The molecule has 2 aromatic heterocycles. The number of hydrogen-bond acceptors (Lipinski definition) is 7. The third kappa shape index (κ3) is 3.25. The van der Waals surface area contributed by atoms with Crippen molar-refractivity contribution < 1.29 is 9.59 Å². The predicted molar refractivity (Wildman–Crippen MR) is 88.4 cm³/mol. The lowest BCUT2D eigenvalue weighted by molar-refractivity contribution is -0.129. The van der Waals surface area contributed by atoms with E-state index in [1.54, 1.807) is 4.52 Å². The summed E-state index contributed by atoms with van der Waals surface area (Å²) < 4.78 is 1.67. The number of nitrogens with zero attached hydrogens (tertiary/aromatic N) is 5. The van der Waals surface area contributed by atoms with E-state index in [0.717, 1.165) is 18.9 Å². The van der Waals surface area contributed by atoms with Gasteiger partial charge in [0.1, 0.15) is 11.9 Å². The normalized spacial score (nSPS) is 20.7. The SMILES string of the molecule is O=C1CCC(C(=O)NCc2nnc3ccc(N4CCCC4)nn23)NN1. The minimum atomic E-state index is -0.440. The Morgan fingerprint density at radius 1 is 1.28 bits per heavy atom. The van der Waals surface area contributed by atoms with Crippen LogP contribution in [0.25, 0.3) is 5.65 Å². The van der Waals surface area contributed by atoms with Crippen LogP contribution in [0.1, 0.15) is 31.5 Å². The van der Waals surface area contributed by atoms with Gasteiger partial charge >= 0.3 is 0 Å². The Morgan fingerprint density at radius 3 is 2.88 bits per heavy atom. The zero-order chi connectivity index (χ0) is 17.2. The fourth-order valence-corrected chi connectivity index (χ4v) is 3.11. The first-order valence-electron chi connectivity index (χ1n) is 8.49. The topological polar surface area (TPSA) is 117 Å². The molecule has 1 unspecified atom stereocenters. The third-order valence-electron chi connectivity index (χ3n) is 4.53. The first-order chi connectivity index (χ1) is 12.2. The fraction of sp³-hybridized carbons (Fsp3) is 0.533. The molecule has 2 saturated heterocycles. The first-order valence-corrected chi connectivity index (χ1v) is 8.49. The molecule has 2 aliphatic rings. The number of carbonyl (C=O) groups is 2. The molecule has 4 rings (SSSR count). The van der Waals surface area contributed by atoms with Crippen molar-refractivity contribution in [3.05, 3.63) is 18.0 Å². The minimum Gasteiger partial charge on any atom is -0.355 e. The van der Waals surface area contributed by atoms with E-state index < -0.39 is 6.04 Å². The summed E-state index contributed by atoms with van der Waals surface area (Å²) in [5.74, 6) is 1.18. The molecule has 1 atom stereocenters. The van der Waals surface area contributed by atoms with Gasteiger partial charge in [0.15, 0.2) is 11.5 Å². The molecular weight excluding hydrogens is 324 g/mol. The lowest BCUT2D eigenvalue weighted by Gasteiger charge is -2.22. The standard InChI is InChI=1S/C15H20N8O2/c24-14-6-3-10(17-20-14)15(25)16-9-13-19-18-11-4-5-12(21-23(11)13)22-7-1-2-8-22/h4-5,10,17H,1-3,6-9H2,(H,16,25)(H,20,24). The summed E-state index contributed by atoms with van der Waals surface area (Å²) in [5, 5.41) is 15.6. The highest BCUT2D eigenvalue weighted by atomic mass is 16.2. The maximum atomic E-state index is 12.2. The smallest absolute Gasteiger partial charge is 0.239 e. The van der Waals surface area contributed by atoms with E-state index in [1.165, 1.54) is 12.8 Å². The zero-order valence-electron chi connectivity index (χ0n) is 13.7. The van der Waals surface area contributed by atoms with E-state index in [9.17, 15) is 9.59 Å². The van der Waals surface area contributed by atoms with Crippen molar-refractivity contribution in [3.63, 3.8) is 0 Å². The summed E-state index contributed by atoms with van der Waals surface area (Å²) in [6, 6.07) is 3.40. The van der Waals surface area contributed by atoms with Gasteiger partial charge in [-0.25, -0.2) is 5.43 Å². The van der Waals surface area contributed by atoms with Crippen LogP contribution in [0.3, 0.4) is 0 Å². The van der Waals surface area contributed by atoms with Crippen molar-refractivity contribution >= 4 is 23.3 Å². The molecule has 4 heterocycles. The lowest BCUT2D eigenvalue weighted by atomic mass is 10.1. The van der Waals surface area contributed by atoms with Crippen molar-refractivity contribution in [2.75, 3.05) is 18.0 Å². The molecule has 10 nitrogen and oxygen atoms in total. The van der Waals surface area contributed by atoms with Crippen LogP contribution < -0.4 is 21.1 Å². The molecule has 0 bridgehead atoms. The second-order valence-corrected chi connectivity index (χ2v) is 6.27. The van der Waals surface area contributed by atoms with Gasteiger partial charge in [-0.3, -0.25) is 15.0 Å². The van der Waals surface area contributed by atoms with E-state index in [1.807, 2.05) is 12.1 Å². The Morgan fingerprint density at radius 2 is 2.12 bits per heavy atom. The number of amides is 2. The molecule has 132 valence electrons. The summed E-state index contributed by atoms with van der Waals surface area (Å²) >= 11 is 0. The number of hydrazine groups is 1. The fourth-order valence-electron chi connectivity index (χ4n) is 3.11. The van der Waals surface area contributed by atoms with Crippen molar-refractivity contribution in [2.45, 2.75) is 38.3 Å². The van der Waals surface area contributed by atoms with Crippen LogP contribution >= 0.6 is 0 Å². The van der Waals surface area contributed by atoms with E-state index >= 15 is 0 Å². The lowest BCUT2D eigenvalue weighted by Crippen LogP contribution is -2.55. The summed E-state index contributed by atoms with van der Waals surface area (Å²) in [4.78, 5) is 25.6. The number of hydrogen-bond donors (Lipinski definition) is 3. The van der Waals surface area contributed by atoms with Gasteiger partial charge in [0.05, 0.1) is 6.54 Å². The van der Waals surface area contributed by atoms with Crippen LogP contribution in [-0.4, -0.2) is 50.8 Å². The number of nitrogens with one attached hydrogen (secondary N) is 3. The van der Waals surface area contributed by atoms with Crippen molar-refractivity contribution in [3.8, 4) is 0 Å². The van der Waals surface area contributed by atoms with Gasteiger partial charge in [0.2, 0.25) is 11.8 Å². The predicted octanol–water partition coefficient (Wildman–Crippen LogP) is -0.876. The van der Waals surface area contributed by atoms with Crippen LogP contribution in [0.4, 0.5) is 5.82 Å². The van der Waals surface area contributed by atoms with Gasteiger partial charge in [-0.05, 0) is 31.4 Å². The van der Waals surface area contributed by atoms with E-state index in [2.05, 4.69) is 36.4 Å². The van der Waals surface area contributed by atoms with Gasteiger partial charge in [-0.1, -0.05) is 0 Å². The zero-order valence-corrected chi connectivity index (χ0v) is 13.7. The molecule has 0 spiro atoms. The van der Waals surface area contributed by atoms with Gasteiger partial charge in [-0.15, -0.1) is 15.3 Å². The number of carbonyl (C=O) groups excluding carboxylic acids is 2. The second kappa shape index (κ2) is 6.63. The number of aromatic nitrogens is 4. The Bertz CT molecular complexity index is 788. The van der Waals surface area contributed by atoms with Gasteiger partial charge in [0, 0.05) is 19.5 Å². The molecule has 10 heteroatoms. The van der Waals surface area contributed by atoms with Crippen molar-refractivity contribution in [2.24, 2.45) is 0 Å². The highest BCUT2D eigenvalue weighted by molar-refractivity contribution is 5.85. The van der Waals surface area contributed by atoms with E-state index in [0.29, 0.717) is 24.3 Å². The number of rotatable bonds is 4. The minimum absolute atomic E-state index is 0.105. The van der Waals surface area contributed by atoms with Crippen LogP contribution in [0, 0.1) is 0 Å². The molecule has 25 heavy (non-hydrogen) atoms. The van der Waals surface area contributed by atoms with E-state index in [4.69, 9.17) is 0 Å². The summed E-state index contributed by atoms with van der Waals surface area (Å²) in [6.07, 6.45) is 3.15. The molecule has 2 amide bonds. The van der Waals surface area contributed by atoms with Crippen LogP contribution in [-0.2, 0) is 16.1 Å². The second-order valence-electron chi connectivity index (χ2n) is 6.27. The molecule has 0 radical (unpaired) electrons. The van der Waals surface area contributed by atoms with Crippen molar-refractivity contribution in [1.82, 2.24) is 36.0 Å². The third-order valence-corrected chi connectivity index (χ3v) is 4.53. The summed E-state index contributed by atoms with van der Waals surface area (Å²) in [6.45, 7) is 2.24. The average molecular weight is 344 g/mol. The average Bonchev–Trinajstić information content (AvgIpc) is 3.30. The number of anilines is 1. The van der Waals surface area contributed by atoms with Gasteiger partial charge < -0.3 is 10.2 Å². The molecule has 0 aliphatic carbocycles. The highest BCUT2D eigenvalue weighted by Crippen LogP contribution is 2.18. The quantitative estimate of drug-likeness (QED) is 0.660. The molecule has 3 N–H and O–H groups in total. The Kier molecular flexibility index (Phi) is 4.18. The van der Waals surface area contributed by atoms with Gasteiger partial charge in [-0.2, -0.15) is 4.52 Å². The van der Waals surface area contributed by atoms with Gasteiger partial charge in [0.25, 0.3) is 0 Å². The first kappa shape index (κ1) is 15.8. The molecule has 0 saturated carbocycles. The number of fused-ring (bicyclic) bond motifs is 1. The summed E-state index contributed by atoms with van der Waals surface area (Å²) in [5.41, 5.74) is 5.83. The highest BCUT2D eigenvalue weighted by Gasteiger charge is 2.24. The molecular formula is C15H20N8O2. The van der Waals surface area contributed by atoms with Crippen LogP contribution in [0.2, 0.25) is 0 Å². The maximum Gasteiger partial charge on any atom is 0.239 e. The monoisotopic (exact) mass is 344 g/mol. The van der Waals surface area contributed by atoms with E-state index in [-0.39, 0.29) is 18.4 Å². The Balaban J connectivity index is 1.44. The maximum absolute atomic E-state index is 12.2. The molecule has 2 aliphatic heterocycles. The largest absolute Gasteiger partial charge is 0.355 e. The Hall–Kier alpha value is -2.75. The molecule has 0 aromatic carbocycles. The van der Waals surface area contributed by atoms with Crippen molar-refractivity contribution in [1.29, 1.82) is 0 Å². The van der Waals surface area contributed by atoms with Crippen LogP contribution in [0.15, 0.2) is 12.1 Å². The van der Waals surface area contributed by atoms with Crippen LogP contribution in [0.5, 0.6) is 0 Å². The summed E-state index contributed by atoms with van der Waals surface area (Å²) in [7, 11) is 0.